The Morgan fingerprint density at radius 3 is 2.19 bits per heavy atom. The molecule has 0 spiro atoms. The van der Waals surface area contributed by atoms with Gasteiger partial charge in [-0.05, 0) is 62.9 Å². The van der Waals surface area contributed by atoms with Crippen LogP contribution in [-0.4, -0.2) is 44.4 Å². The zero-order valence-corrected chi connectivity index (χ0v) is 19.3. The fourth-order valence-electron chi connectivity index (χ4n) is 4.46. The topological polar surface area (TPSA) is 50.7 Å². The Labute approximate surface area is 192 Å². The molecule has 0 saturated heterocycles. The smallest absolute Gasteiger partial charge is 0.167 e. The van der Waals surface area contributed by atoms with E-state index >= 15 is 0 Å². The van der Waals surface area contributed by atoms with E-state index in [0.29, 0.717) is 0 Å². The van der Waals surface area contributed by atoms with E-state index in [1.54, 1.807) is 0 Å². The normalized spacial score (nSPS) is 13.4. The van der Waals surface area contributed by atoms with E-state index in [4.69, 9.17) is 5.21 Å². The van der Waals surface area contributed by atoms with Crippen molar-refractivity contribution in [2.45, 2.75) is 70.9 Å². The number of rotatable bonds is 13. The summed E-state index contributed by atoms with van der Waals surface area (Å²) in [5.74, 6) is 0. The Morgan fingerprint density at radius 1 is 0.812 bits per heavy atom. The van der Waals surface area contributed by atoms with Crippen molar-refractivity contribution in [1.82, 2.24) is 24.8 Å². The summed E-state index contributed by atoms with van der Waals surface area (Å²) >= 11 is 0. The molecular formula is C26H37N6+. The molecule has 3 aromatic rings. The van der Waals surface area contributed by atoms with Gasteiger partial charge in [0.05, 0.1) is 5.21 Å². The second-order valence-corrected chi connectivity index (χ2v) is 8.85. The van der Waals surface area contributed by atoms with Crippen molar-refractivity contribution in [3.05, 3.63) is 72.1 Å². The van der Waals surface area contributed by atoms with Crippen molar-refractivity contribution in [3.8, 4) is 0 Å². The maximum Gasteiger partial charge on any atom is 0.167 e. The van der Waals surface area contributed by atoms with E-state index in [-0.39, 0.29) is 0 Å². The van der Waals surface area contributed by atoms with Crippen molar-refractivity contribution in [2.24, 2.45) is 0 Å². The van der Waals surface area contributed by atoms with E-state index in [0.717, 1.165) is 45.6 Å². The standard InChI is InChI=1S/C26H37N6/c1(2-9-19-31-23-26-13-5-10-20-32(26)29-31)8-18-30(21-14-24-11-3-6-16-27-24)22-15-25-12-4-7-17-28-25/h3-4,6-7,11-12,16-17,23H,1-2,5,8-10,13-15,18-22H2/q+1. The maximum absolute atomic E-state index is 4.72. The van der Waals surface area contributed by atoms with Gasteiger partial charge in [-0.2, -0.15) is 0 Å². The summed E-state index contributed by atoms with van der Waals surface area (Å²) in [4.78, 5) is 11.6. The van der Waals surface area contributed by atoms with Gasteiger partial charge in [0.15, 0.2) is 11.9 Å². The predicted octanol–water partition coefficient (Wildman–Crippen LogP) is 3.64. The molecule has 0 saturated carbocycles. The number of fused-ring (bicyclic) bond motifs is 1. The largest absolute Gasteiger partial charge is 0.303 e. The van der Waals surface area contributed by atoms with E-state index < -0.39 is 0 Å². The monoisotopic (exact) mass is 433 g/mol. The summed E-state index contributed by atoms with van der Waals surface area (Å²) in [6.07, 6.45) is 16.8. The van der Waals surface area contributed by atoms with Gasteiger partial charge in [0, 0.05) is 56.1 Å². The van der Waals surface area contributed by atoms with E-state index in [1.807, 2.05) is 24.5 Å². The molecule has 0 N–H and O–H groups in total. The van der Waals surface area contributed by atoms with Crippen LogP contribution in [0, 0.1) is 0 Å². The van der Waals surface area contributed by atoms with Gasteiger partial charge < -0.3 is 4.90 Å². The van der Waals surface area contributed by atoms with Crippen LogP contribution < -0.4 is 4.68 Å². The Kier molecular flexibility index (Phi) is 8.78. The molecule has 6 heteroatoms. The zero-order valence-electron chi connectivity index (χ0n) is 19.3. The first-order valence-corrected chi connectivity index (χ1v) is 12.4. The number of unbranched alkanes of at least 4 members (excludes halogenated alkanes) is 3. The number of nitrogens with zero attached hydrogens (tertiary/aromatic N) is 6. The minimum absolute atomic E-state index is 1.00. The zero-order chi connectivity index (χ0) is 21.8. The molecule has 0 aliphatic carbocycles. The summed E-state index contributed by atoms with van der Waals surface area (Å²) in [7, 11) is 0. The van der Waals surface area contributed by atoms with Gasteiger partial charge in [-0.15, -0.1) is 9.36 Å². The first-order chi connectivity index (χ1) is 15.9. The third-order valence-electron chi connectivity index (χ3n) is 6.34. The van der Waals surface area contributed by atoms with Crippen LogP contribution in [0.3, 0.4) is 0 Å². The highest BCUT2D eigenvalue weighted by Gasteiger charge is 2.18. The van der Waals surface area contributed by atoms with E-state index in [9.17, 15) is 0 Å². The second-order valence-electron chi connectivity index (χ2n) is 8.85. The molecule has 32 heavy (non-hydrogen) atoms. The molecule has 6 nitrogen and oxygen atoms in total. The van der Waals surface area contributed by atoms with Crippen LogP contribution in [0.25, 0.3) is 0 Å². The van der Waals surface area contributed by atoms with Gasteiger partial charge in [-0.3, -0.25) is 9.97 Å². The summed E-state index contributed by atoms with van der Waals surface area (Å²) in [6, 6.07) is 12.4. The Morgan fingerprint density at radius 2 is 1.53 bits per heavy atom. The Bertz CT molecular complexity index is 842. The van der Waals surface area contributed by atoms with Gasteiger partial charge in [0.25, 0.3) is 0 Å². The van der Waals surface area contributed by atoms with Crippen molar-refractivity contribution >= 4 is 0 Å². The lowest BCUT2D eigenvalue weighted by Crippen LogP contribution is -2.36. The third kappa shape index (κ3) is 7.23. The molecule has 4 rings (SSSR count). The van der Waals surface area contributed by atoms with E-state index in [1.165, 1.54) is 62.0 Å². The van der Waals surface area contributed by atoms with E-state index in [2.05, 4.69) is 54.7 Å². The van der Waals surface area contributed by atoms with Crippen LogP contribution >= 0.6 is 0 Å². The molecule has 0 radical (unpaired) electrons. The van der Waals surface area contributed by atoms with Crippen molar-refractivity contribution in [1.29, 1.82) is 0 Å². The summed E-state index contributed by atoms with van der Waals surface area (Å²) < 4.78 is 4.36. The first-order valence-electron chi connectivity index (χ1n) is 12.4. The lowest BCUT2D eigenvalue weighted by atomic mass is 10.1. The van der Waals surface area contributed by atoms with Crippen LogP contribution in [0.15, 0.2) is 55.0 Å². The quantitative estimate of drug-likeness (QED) is 0.305. The molecule has 0 atom stereocenters. The van der Waals surface area contributed by atoms with Crippen LogP contribution in [-0.2, 0) is 32.4 Å². The number of hydrogen-bond acceptors (Lipinski definition) is 4. The first kappa shape index (κ1) is 22.6. The SMILES string of the molecule is c1ccc(CCN(CCCCCC[n+]2cc3n(n2)CCCC3)CCc2ccccn2)nc1. The van der Waals surface area contributed by atoms with Crippen LogP contribution in [0.2, 0.25) is 0 Å². The molecule has 4 heterocycles. The highest BCUT2D eigenvalue weighted by Crippen LogP contribution is 2.11. The molecule has 0 fully saturated rings. The fourth-order valence-corrected chi connectivity index (χ4v) is 4.46. The number of hydrogen-bond donors (Lipinski definition) is 0. The summed E-state index contributed by atoms with van der Waals surface area (Å²) in [6.45, 7) is 5.39. The summed E-state index contributed by atoms with van der Waals surface area (Å²) in [5.41, 5.74) is 3.76. The fraction of sp³-hybridized carbons (Fsp3) is 0.538. The highest BCUT2D eigenvalue weighted by atomic mass is 15.5. The van der Waals surface area contributed by atoms with Crippen molar-refractivity contribution in [2.75, 3.05) is 19.6 Å². The van der Waals surface area contributed by atoms with Crippen molar-refractivity contribution in [3.63, 3.8) is 0 Å². The molecule has 0 aromatic carbocycles. The second kappa shape index (κ2) is 12.4. The maximum atomic E-state index is 4.72. The predicted molar refractivity (Wildman–Crippen MR) is 126 cm³/mol. The Hall–Kier alpha value is -2.60. The third-order valence-corrected chi connectivity index (χ3v) is 6.34. The summed E-state index contributed by atoms with van der Waals surface area (Å²) in [5, 5.41) is 4.72. The highest BCUT2D eigenvalue weighted by molar-refractivity contribution is 5.05. The molecule has 0 unspecified atom stereocenters. The van der Waals surface area contributed by atoms with Gasteiger partial charge in [0.2, 0.25) is 0 Å². The average Bonchev–Trinajstić information content (AvgIpc) is 3.26. The lowest BCUT2D eigenvalue weighted by Gasteiger charge is -2.22. The van der Waals surface area contributed by atoms with Crippen LogP contribution in [0.4, 0.5) is 0 Å². The van der Waals surface area contributed by atoms with Crippen LogP contribution in [0.1, 0.15) is 55.6 Å². The molecule has 0 bridgehead atoms. The molecular weight excluding hydrogens is 396 g/mol. The molecule has 0 amide bonds. The van der Waals surface area contributed by atoms with Crippen LogP contribution in [0.5, 0.6) is 0 Å². The molecule has 1 aliphatic rings. The number of aryl methyl sites for hydroxylation is 3. The minimum Gasteiger partial charge on any atom is -0.303 e. The number of pyridine rings is 2. The average molecular weight is 434 g/mol. The van der Waals surface area contributed by atoms with Gasteiger partial charge in [-0.1, -0.05) is 18.6 Å². The van der Waals surface area contributed by atoms with Gasteiger partial charge in [-0.25, -0.2) is 0 Å². The minimum atomic E-state index is 1.00. The van der Waals surface area contributed by atoms with Crippen molar-refractivity contribution < 1.29 is 4.68 Å². The lowest BCUT2D eigenvalue weighted by molar-refractivity contribution is -0.755. The number of aromatic nitrogens is 5. The van der Waals surface area contributed by atoms with Gasteiger partial charge in [0.1, 0.15) is 13.1 Å². The molecule has 1 aliphatic heterocycles. The molecule has 3 aromatic heterocycles. The Balaban J connectivity index is 1.17. The van der Waals surface area contributed by atoms with Gasteiger partial charge >= 0.3 is 0 Å². The molecule has 170 valence electrons.